The van der Waals surface area contributed by atoms with Crippen molar-refractivity contribution in [2.75, 3.05) is 32.8 Å². The Morgan fingerprint density at radius 2 is 1.96 bits per heavy atom. The molecule has 0 radical (unpaired) electrons. The number of hydrogen-bond donors (Lipinski definition) is 1. The van der Waals surface area contributed by atoms with Crippen LogP contribution in [0.15, 0.2) is 48.8 Å². The summed E-state index contributed by atoms with van der Waals surface area (Å²) in [5.41, 5.74) is 2.12. The van der Waals surface area contributed by atoms with Gasteiger partial charge in [-0.05, 0) is 35.7 Å². The lowest BCUT2D eigenvalue weighted by molar-refractivity contribution is -0.121. The third-order valence-corrected chi connectivity index (χ3v) is 4.58. The van der Waals surface area contributed by atoms with Crippen LogP contribution in [0.4, 0.5) is 0 Å². The number of morpholine rings is 1. The third-order valence-electron chi connectivity index (χ3n) is 4.58. The zero-order valence-corrected chi connectivity index (χ0v) is 15.7. The van der Waals surface area contributed by atoms with Gasteiger partial charge in [-0.25, -0.2) is 0 Å². The summed E-state index contributed by atoms with van der Waals surface area (Å²) >= 11 is 0. The molecule has 5 heteroatoms. The van der Waals surface area contributed by atoms with Gasteiger partial charge in [-0.3, -0.25) is 9.69 Å². The molecule has 1 N–H and O–H groups in total. The Morgan fingerprint density at radius 1 is 1.23 bits per heavy atom. The van der Waals surface area contributed by atoms with Crippen molar-refractivity contribution >= 4 is 5.91 Å². The minimum atomic E-state index is 0.0447. The molecule has 26 heavy (non-hydrogen) atoms. The number of rotatable bonds is 7. The molecule has 1 atom stereocenters. The number of amides is 1. The molecule has 1 aliphatic heterocycles. The molecule has 140 valence electrons. The highest BCUT2D eigenvalue weighted by Gasteiger charge is 2.21. The number of benzene rings is 1. The molecule has 1 saturated heterocycles. The normalized spacial score (nSPS) is 18.2. The largest absolute Gasteiger partial charge is 0.374 e. The van der Waals surface area contributed by atoms with Gasteiger partial charge in [0.05, 0.1) is 19.1 Å². The maximum atomic E-state index is 12.2. The molecule has 0 spiro atoms. The molecule has 0 bridgehead atoms. The molecule has 5 nitrogen and oxygen atoms in total. The van der Waals surface area contributed by atoms with Crippen LogP contribution in [0, 0.1) is 5.92 Å². The minimum Gasteiger partial charge on any atom is -0.374 e. The van der Waals surface area contributed by atoms with Crippen molar-refractivity contribution in [3.05, 3.63) is 54.4 Å². The van der Waals surface area contributed by atoms with Crippen molar-refractivity contribution in [3.8, 4) is 5.69 Å². The Balaban J connectivity index is 1.44. The number of carbonyl (C=O) groups is 1. The van der Waals surface area contributed by atoms with Gasteiger partial charge in [0.1, 0.15) is 0 Å². The van der Waals surface area contributed by atoms with E-state index in [0.29, 0.717) is 18.9 Å². The number of ether oxygens (including phenoxy) is 1. The first-order valence-corrected chi connectivity index (χ1v) is 9.43. The van der Waals surface area contributed by atoms with E-state index in [0.717, 1.165) is 37.5 Å². The van der Waals surface area contributed by atoms with E-state index in [9.17, 15) is 4.79 Å². The van der Waals surface area contributed by atoms with Crippen LogP contribution in [0.3, 0.4) is 0 Å². The summed E-state index contributed by atoms with van der Waals surface area (Å²) in [4.78, 5) is 14.7. The van der Waals surface area contributed by atoms with Gasteiger partial charge in [0.2, 0.25) is 5.91 Å². The highest BCUT2D eigenvalue weighted by atomic mass is 16.5. The van der Waals surface area contributed by atoms with Crippen molar-refractivity contribution in [2.24, 2.45) is 5.92 Å². The average Bonchev–Trinajstić information content (AvgIpc) is 3.15. The van der Waals surface area contributed by atoms with E-state index in [1.54, 1.807) is 0 Å². The predicted octanol–water partition coefficient (Wildman–Crippen LogP) is 2.49. The lowest BCUT2D eigenvalue weighted by atomic mass is 10.1. The molecule has 1 aliphatic rings. The molecular weight excluding hydrogens is 326 g/mol. The second kappa shape index (κ2) is 9.01. The van der Waals surface area contributed by atoms with Crippen molar-refractivity contribution < 1.29 is 9.53 Å². The van der Waals surface area contributed by atoms with Gasteiger partial charge in [0.25, 0.3) is 0 Å². The van der Waals surface area contributed by atoms with Crippen molar-refractivity contribution in [2.45, 2.75) is 26.4 Å². The number of carbonyl (C=O) groups excluding carboxylic acids is 1. The summed E-state index contributed by atoms with van der Waals surface area (Å²) in [5.74, 6) is 0.696. The van der Waals surface area contributed by atoms with Crippen LogP contribution in [0.2, 0.25) is 0 Å². The van der Waals surface area contributed by atoms with Gasteiger partial charge in [0.15, 0.2) is 0 Å². The predicted molar refractivity (Wildman–Crippen MR) is 104 cm³/mol. The lowest BCUT2D eigenvalue weighted by Gasteiger charge is -2.33. The second-order valence-electron chi connectivity index (χ2n) is 7.38. The molecule has 1 fully saturated rings. The number of aromatic nitrogens is 1. The zero-order valence-electron chi connectivity index (χ0n) is 15.7. The Bertz CT molecular complexity index is 680. The van der Waals surface area contributed by atoms with Crippen LogP contribution < -0.4 is 5.32 Å². The average molecular weight is 355 g/mol. The van der Waals surface area contributed by atoms with Crippen LogP contribution in [0.1, 0.15) is 19.4 Å². The van der Waals surface area contributed by atoms with E-state index >= 15 is 0 Å². The fraction of sp³-hybridized carbons (Fsp3) is 0.476. The molecule has 2 aromatic rings. The molecule has 1 aromatic carbocycles. The highest BCUT2D eigenvalue weighted by molar-refractivity contribution is 5.78. The molecule has 0 saturated carbocycles. The molecule has 1 amide bonds. The smallest absolute Gasteiger partial charge is 0.224 e. The van der Waals surface area contributed by atoms with E-state index in [1.807, 2.05) is 53.4 Å². The van der Waals surface area contributed by atoms with Gasteiger partial charge >= 0.3 is 0 Å². The lowest BCUT2D eigenvalue weighted by Crippen LogP contribution is -2.48. The van der Waals surface area contributed by atoms with E-state index in [-0.39, 0.29) is 12.0 Å². The molecular formula is C21H29N3O2. The summed E-state index contributed by atoms with van der Waals surface area (Å²) in [7, 11) is 0. The summed E-state index contributed by atoms with van der Waals surface area (Å²) in [6.45, 7) is 8.74. The van der Waals surface area contributed by atoms with Gasteiger partial charge in [-0.1, -0.05) is 26.0 Å². The molecule has 3 rings (SSSR count). The summed E-state index contributed by atoms with van der Waals surface area (Å²) < 4.78 is 7.84. The molecule has 0 aliphatic carbocycles. The van der Waals surface area contributed by atoms with Gasteiger partial charge in [0, 0.05) is 44.3 Å². The van der Waals surface area contributed by atoms with E-state index in [2.05, 4.69) is 24.1 Å². The minimum absolute atomic E-state index is 0.0447. The molecule has 1 aromatic heterocycles. The fourth-order valence-corrected chi connectivity index (χ4v) is 3.35. The van der Waals surface area contributed by atoms with Crippen LogP contribution in [-0.4, -0.2) is 54.3 Å². The van der Waals surface area contributed by atoms with Gasteiger partial charge in [-0.15, -0.1) is 0 Å². The number of nitrogens with zero attached hydrogens (tertiary/aromatic N) is 2. The maximum absolute atomic E-state index is 12.2. The first-order chi connectivity index (χ1) is 12.6. The van der Waals surface area contributed by atoms with Crippen molar-refractivity contribution in [1.29, 1.82) is 0 Å². The van der Waals surface area contributed by atoms with E-state index < -0.39 is 0 Å². The fourth-order valence-electron chi connectivity index (χ4n) is 3.35. The second-order valence-corrected chi connectivity index (χ2v) is 7.38. The van der Waals surface area contributed by atoms with E-state index in [4.69, 9.17) is 4.74 Å². The summed E-state index contributed by atoms with van der Waals surface area (Å²) in [6.07, 6.45) is 4.50. The number of nitrogens with one attached hydrogen (secondary N) is 1. The van der Waals surface area contributed by atoms with E-state index in [1.165, 1.54) is 0 Å². The SMILES string of the molecule is CC(C)CN1CCOC(CNC(=O)Cc2ccc(-n3cccc3)cc2)C1. The quantitative estimate of drug-likeness (QED) is 0.830. The highest BCUT2D eigenvalue weighted by Crippen LogP contribution is 2.11. The van der Waals surface area contributed by atoms with Crippen molar-refractivity contribution in [1.82, 2.24) is 14.8 Å². The van der Waals surface area contributed by atoms with Gasteiger partial charge in [-0.2, -0.15) is 0 Å². The Kier molecular flexibility index (Phi) is 6.47. The molecule has 2 heterocycles. The molecule has 1 unspecified atom stereocenters. The first kappa shape index (κ1) is 18.7. The Hall–Kier alpha value is -2.11. The van der Waals surface area contributed by atoms with Crippen LogP contribution >= 0.6 is 0 Å². The monoisotopic (exact) mass is 355 g/mol. The van der Waals surface area contributed by atoms with Crippen LogP contribution in [0.5, 0.6) is 0 Å². The maximum Gasteiger partial charge on any atom is 0.224 e. The Morgan fingerprint density at radius 3 is 2.65 bits per heavy atom. The summed E-state index contributed by atoms with van der Waals surface area (Å²) in [5, 5.41) is 3.02. The van der Waals surface area contributed by atoms with Crippen LogP contribution in [-0.2, 0) is 16.0 Å². The van der Waals surface area contributed by atoms with Crippen molar-refractivity contribution in [3.63, 3.8) is 0 Å². The topological polar surface area (TPSA) is 46.5 Å². The standard InChI is InChI=1S/C21H29N3O2/c1-17(2)15-23-11-12-26-20(16-23)14-22-21(25)13-18-5-7-19(8-6-18)24-9-3-4-10-24/h3-10,17,20H,11-16H2,1-2H3,(H,22,25). The summed E-state index contributed by atoms with van der Waals surface area (Å²) in [6, 6.07) is 12.1. The van der Waals surface area contributed by atoms with Gasteiger partial charge < -0.3 is 14.6 Å². The third kappa shape index (κ3) is 5.44. The number of hydrogen-bond acceptors (Lipinski definition) is 3. The first-order valence-electron chi connectivity index (χ1n) is 9.43. The Labute approximate surface area is 156 Å². The zero-order chi connectivity index (χ0) is 18.4. The van der Waals surface area contributed by atoms with Crippen LogP contribution in [0.25, 0.3) is 5.69 Å².